The van der Waals surface area contributed by atoms with Gasteiger partial charge in [0.2, 0.25) is 0 Å². The highest BCUT2D eigenvalue weighted by molar-refractivity contribution is 5.42. The highest BCUT2D eigenvalue weighted by atomic mass is 16.5. The van der Waals surface area contributed by atoms with Crippen LogP contribution in [0, 0.1) is 11.3 Å². The fraction of sp³-hybridized carbons (Fsp3) is 0.533. The summed E-state index contributed by atoms with van der Waals surface area (Å²) in [5, 5.41) is 21.9. The summed E-state index contributed by atoms with van der Waals surface area (Å²) in [6.07, 6.45) is 2.61. The zero-order valence-electron chi connectivity index (χ0n) is 11.7. The van der Waals surface area contributed by atoms with Crippen LogP contribution in [0.4, 0.5) is 0 Å². The molecule has 0 aliphatic rings. The van der Waals surface area contributed by atoms with E-state index in [0.717, 1.165) is 32.4 Å². The SMILES string of the molecule is N#Cc1ccccc1OCC(O)CNCCCCCN. The van der Waals surface area contributed by atoms with Crippen molar-refractivity contribution in [3.05, 3.63) is 29.8 Å². The molecule has 0 bridgehead atoms. The second-order valence-corrected chi connectivity index (χ2v) is 4.63. The number of para-hydroxylation sites is 1. The average molecular weight is 277 g/mol. The third kappa shape index (κ3) is 6.53. The molecule has 0 saturated heterocycles. The molecule has 0 amide bonds. The molecule has 1 unspecified atom stereocenters. The Kier molecular flexibility index (Phi) is 8.40. The molecule has 1 rings (SSSR count). The minimum absolute atomic E-state index is 0.175. The van der Waals surface area contributed by atoms with Gasteiger partial charge in [0.1, 0.15) is 24.5 Å². The molecule has 1 aromatic rings. The maximum Gasteiger partial charge on any atom is 0.137 e. The number of benzene rings is 1. The summed E-state index contributed by atoms with van der Waals surface area (Å²) >= 11 is 0. The first-order valence-corrected chi connectivity index (χ1v) is 6.98. The van der Waals surface area contributed by atoms with Crippen LogP contribution in [0.15, 0.2) is 24.3 Å². The molecule has 1 atom stereocenters. The maximum atomic E-state index is 9.79. The van der Waals surface area contributed by atoms with Crippen LogP contribution in [0.3, 0.4) is 0 Å². The number of hydrogen-bond acceptors (Lipinski definition) is 5. The molecule has 5 nitrogen and oxygen atoms in total. The lowest BCUT2D eigenvalue weighted by molar-refractivity contribution is 0.106. The zero-order valence-corrected chi connectivity index (χ0v) is 11.7. The van der Waals surface area contributed by atoms with Crippen molar-refractivity contribution in [2.45, 2.75) is 25.4 Å². The smallest absolute Gasteiger partial charge is 0.137 e. The second-order valence-electron chi connectivity index (χ2n) is 4.63. The number of hydrogen-bond donors (Lipinski definition) is 3. The van der Waals surface area contributed by atoms with Crippen molar-refractivity contribution in [3.8, 4) is 11.8 Å². The molecule has 0 aliphatic carbocycles. The second kappa shape index (κ2) is 10.2. The quantitative estimate of drug-likeness (QED) is 0.555. The molecule has 20 heavy (non-hydrogen) atoms. The van der Waals surface area contributed by atoms with Crippen molar-refractivity contribution in [1.29, 1.82) is 5.26 Å². The molecule has 5 heteroatoms. The van der Waals surface area contributed by atoms with E-state index in [1.165, 1.54) is 0 Å². The van der Waals surface area contributed by atoms with E-state index >= 15 is 0 Å². The monoisotopic (exact) mass is 277 g/mol. The number of unbranched alkanes of at least 4 members (excludes halogenated alkanes) is 2. The summed E-state index contributed by atoms with van der Waals surface area (Å²) in [6.45, 7) is 2.26. The average Bonchev–Trinajstić information content (AvgIpc) is 2.49. The molecule has 4 N–H and O–H groups in total. The number of ether oxygens (including phenoxy) is 1. The van der Waals surface area contributed by atoms with E-state index < -0.39 is 6.10 Å². The van der Waals surface area contributed by atoms with Crippen molar-refractivity contribution in [1.82, 2.24) is 5.32 Å². The van der Waals surface area contributed by atoms with Gasteiger partial charge in [0.15, 0.2) is 0 Å². The molecule has 0 aromatic heterocycles. The summed E-state index contributed by atoms with van der Waals surface area (Å²) in [7, 11) is 0. The largest absolute Gasteiger partial charge is 0.489 e. The maximum absolute atomic E-state index is 9.79. The van der Waals surface area contributed by atoms with E-state index in [4.69, 9.17) is 15.7 Å². The van der Waals surface area contributed by atoms with Crippen molar-refractivity contribution < 1.29 is 9.84 Å². The van der Waals surface area contributed by atoms with Gasteiger partial charge in [0, 0.05) is 6.54 Å². The zero-order chi connectivity index (χ0) is 14.6. The Balaban J connectivity index is 2.17. The summed E-state index contributed by atoms with van der Waals surface area (Å²) < 4.78 is 5.46. The van der Waals surface area contributed by atoms with E-state index in [1.807, 2.05) is 0 Å². The third-order valence-electron chi connectivity index (χ3n) is 2.88. The fourth-order valence-electron chi connectivity index (χ4n) is 1.77. The van der Waals surface area contributed by atoms with Gasteiger partial charge in [-0.2, -0.15) is 5.26 Å². The van der Waals surface area contributed by atoms with Crippen molar-refractivity contribution >= 4 is 0 Å². The lowest BCUT2D eigenvalue weighted by Gasteiger charge is -2.13. The lowest BCUT2D eigenvalue weighted by Crippen LogP contribution is -2.32. The number of nitrogens with one attached hydrogen (secondary N) is 1. The highest BCUT2D eigenvalue weighted by Gasteiger charge is 2.07. The number of nitriles is 1. The van der Waals surface area contributed by atoms with E-state index in [-0.39, 0.29) is 6.61 Å². The van der Waals surface area contributed by atoms with Crippen LogP contribution >= 0.6 is 0 Å². The summed E-state index contributed by atoms with van der Waals surface area (Å²) in [5.74, 6) is 0.511. The Hall–Kier alpha value is -1.61. The molecule has 0 aliphatic heterocycles. The molecule has 0 radical (unpaired) electrons. The normalized spacial score (nSPS) is 11.8. The lowest BCUT2D eigenvalue weighted by atomic mass is 10.2. The molecule has 110 valence electrons. The van der Waals surface area contributed by atoms with Crippen LogP contribution in [-0.4, -0.2) is 37.5 Å². The van der Waals surface area contributed by atoms with Crippen LogP contribution in [0.2, 0.25) is 0 Å². The van der Waals surface area contributed by atoms with Gasteiger partial charge >= 0.3 is 0 Å². The van der Waals surface area contributed by atoms with E-state index in [9.17, 15) is 5.11 Å². The van der Waals surface area contributed by atoms with Gasteiger partial charge < -0.3 is 20.9 Å². The minimum Gasteiger partial charge on any atom is -0.489 e. The van der Waals surface area contributed by atoms with Crippen LogP contribution < -0.4 is 15.8 Å². The highest BCUT2D eigenvalue weighted by Crippen LogP contribution is 2.16. The predicted molar refractivity (Wildman–Crippen MR) is 78.4 cm³/mol. The Morgan fingerprint density at radius 2 is 2.10 bits per heavy atom. The molecular weight excluding hydrogens is 254 g/mol. The van der Waals surface area contributed by atoms with Gasteiger partial charge in [-0.3, -0.25) is 0 Å². The van der Waals surface area contributed by atoms with Gasteiger partial charge in [-0.05, 0) is 38.1 Å². The predicted octanol–water partition coefficient (Wildman–Crippen LogP) is 1.02. The Labute approximate surface area is 120 Å². The first-order chi connectivity index (χ1) is 9.77. The number of nitrogens with zero attached hydrogens (tertiary/aromatic N) is 1. The fourth-order valence-corrected chi connectivity index (χ4v) is 1.77. The van der Waals surface area contributed by atoms with Gasteiger partial charge in [-0.15, -0.1) is 0 Å². The summed E-state index contributed by atoms with van der Waals surface area (Å²) in [5.41, 5.74) is 5.89. The first kappa shape index (κ1) is 16.4. The van der Waals surface area contributed by atoms with E-state index in [0.29, 0.717) is 17.9 Å². The number of aliphatic hydroxyl groups is 1. The Morgan fingerprint density at radius 1 is 1.30 bits per heavy atom. The number of nitrogens with two attached hydrogens (primary N) is 1. The Morgan fingerprint density at radius 3 is 2.85 bits per heavy atom. The van der Waals surface area contributed by atoms with Crippen LogP contribution in [0.1, 0.15) is 24.8 Å². The molecule has 0 fully saturated rings. The number of aliphatic hydroxyl groups excluding tert-OH is 1. The first-order valence-electron chi connectivity index (χ1n) is 6.98. The summed E-state index contributed by atoms with van der Waals surface area (Å²) in [6, 6.07) is 9.06. The van der Waals surface area contributed by atoms with Crippen LogP contribution in [-0.2, 0) is 0 Å². The van der Waals surface area contributed by atoms with Crippen molar-refractivity contribution in [2.24, 2.45) is 5.73 Å². The van der Waals surface area contributed by atoms with Crippen molar-refractivity contribution in [2.75, 3.05) is 26.2 Å². The molecule has 0 spiro atoms. The Bertz CT molecular complexity index is 418. The van der Waals surface area contributed by atoms with Crippen LogP contribution in [0.5, 0.6) is 5.75 Å². The number of rotatable bonds is 10. The van der Waals surface area contributed by atoms with Crippen LogP contribution in [0.25, 0.3) is 0 Å². The van der Waals surface area contributed by atoms with Gasteiger partial charge in [-0.1, -0.05) is 18.6 Å². The standard InChI is InChI=1S/C15H23N3O2/c16-8-4-1-5-9-18-11-14(19)12-20-15-7-3-2-6-13(15)10-17/h2-3,6-7,14,18-19H,1,4-5,8-9,11-12,16H2. The van der Waals surface area contributed by atoms with Gasteiger partial charge in [-0.25, -0.2) is 0 Å². The summed E-state index contributed by atoms with van der Waals surface area (Å²) in [4.78, 5) is 0. The minimum atomic E-state index is -0.587. The van der Waals surface area contributed by atoms with E-state index in [1.54, 1.807) is 24.3 Å². The van der Waals surface area contributed by atoms with Crippen molar-refractivity contribution in [3.63, 3.8) is 0 Å². The van der Waals surface area contributed by atoms with Gasteiger partial charge in [0.25, 0.3) is 0 Å². The topological polar surface area (TPSA) is 91.3 Å². The third-order valence-corrected chi connectivity index (χ3v) is 2.88. The molecule has 1 aromatic carbocycles. The van der Waals surface area contributed by atoms with E-state index in [2.05, 4.69) is 11.4 Å². The van der Waals surface area contributed by atoms with Gasteiger partial charge in [0.05, 0.1) is 5.56 Å². The molecule has 0 saturated carbocycles. The molecular formula is C15H23N3O2. The molecule has 0 heterocycles.